The number of aliphatic carboxylic acids is 1. The first-order valence-electron chi connectivity index (χ1n) is 8.16. The van der Waals surface area contributed by atoms with Crippen LogP contribution in [-0.4, -0.2) is 48.2 Å². The normalized spacial score (nSPS) is 36.5. The Kier molecular flexibility index (Phi) is 5.08. The van der Waals surface area contributed by atoms with Crippen LogP contribution in [0.1, 0.15) is 46.0 Å². The molecule has 4 atom stereocenters. The second kappa shape index (κ2) is 6.44. The lowest BCUT2D eigenvalue weighted by Crippen LogP contribution is -2.55. The smallest absolute Gasteiger partial charge is 0.324 e. The van der Waals surface area contributed by atoms with Gasteiger partial charge in [0.15, 0.2) is 0 Å². The maximum atomic E-state index is 11.7. The summed E-state index contributed by atoms with van der Waals surface area (Å²) in [7, 11) is 2.18. The molecule has 2 rings (SSSR count). The zero-order chi connectivity index (χ0) is 14.8. The summed E-state index contributed by atoms with van der Waals surface area (Å²) in [5.41, 5.74) is -0.664. The summed E-state index contributed by atoms with van der Waals surface area (Å²) in [4.78, 5) is 14.1. The molecule has 4 unspecified atom stereocenters. The molecule has 0 spiro atoms. The van der Waals surface area contributed by atoms with Crippen LogP contribution in [0.4, 0.5) is 0 Å². The summed E-state index contributed by atoms with van der Waals surface area (Å²) in [6.45, 7) is 7.25. The first-order valence-corrected chi connectivity index (χ1v) is 8.16. The van der Waals surface area contributed by atoms with Crippen molar-refractivity contribution in [3.05, 3.63) is 0 Å². The van der Waals surface area contributed by atoms with Crippen LogP contribution in [0.2, 0.25) is 0 Å². The van der Waals surface area contributed by atoms with Crippen LogP contribution in [-0.2, 0) is 4.79 Å². The van der Waals surface area contributed by atoms with Crippen LogP contribution in [0.5, 0.6) is 0 Å². The van der Waals surface area contributed by atoms with E-state index < -0.39 is 11.5 Å². The Balaban J connectivity index is 1.85. The number of rotatable bonds is 8. The molecule has 2 fully saturated rings. The van der Waals surface area contributed by atoms with E-state index in [1.54, 1.807) is 0 Å². The number of hydrogen-bond donors (Lipinski definition) is 2. The van der Waals surface area contributed by atoms with Gasteiger partial charge in [-0.3, -0.25) is 4.79 Å². The van der Waals surface area contributed by atoms with Gasteiger partial charge in [-0.25, -0.2) is 0 Å². The van der Waals surface area contributed by atoms with Gasteiger partial charge >= 0.3 is 5.97 Å². The van der Waals surface area contributed by atoms with E-state index in [9.17, 15) is 9.90 Å². The van der Waals surface area contributed by atoms with Gasteiger partial charge in [-0.05, 0) is 63.6 Å². The summed E-state index contributed by atoms with van der Waals surface area (Å²) >= 11 is 0. The van der Waals surface area contributed by atoms with Crippen LogP contribution < -0.4 is 5.32 Å². The van der Waals surface area contributed by atoms with Gasteiger partial charge in [0.1, 0.15) is 5.54 Å². The molecule has 2 aliphatic carbocycles. The molecule has 0 amide bonds. The lowest BCUT2D eigenvalue weighted by atomic mass is 9.84. The number of carboxylic acids is 1. The molecule has 20 heavy (non-hydrogen) atoms. The molecule has 2 N–H and O–H groups in total. The largest absolute Gasteiger partial charge is 0.480 e. The topological polar surface area (TPSA) is 52.6 Å². The van der Waals surface area contributed by atoms with Crippen LogP contribution in [0.3, 0.4) is 0 Å². The highest BCUT2D eigenvalue weighted by Crippen LogP contribution is 2.40. The summed E-state index contributed by atoms with van der Waals surface area (Å²) in [6, 6.07) is 0. The second-order valence-corrected chi connectivity index (χ2v) is 6.92. The van der Waals surface area contributed by atoms with E-state index in [1.807, 2.05) is 6.92 Å². The third-order valence-corrected chi connectivity index (χ3v) is 5.38. The minimum atomic E-state index is -0.664. The molecule has 0 bridgehead atoms. The molecule has 0 heterocycles. The fourth-order valence-electron chi connectivity index (χ4n) is 3.90. The zero-order valence-corrected chi connectivity index (χ0v) is 13.2. The lowest BCUT2D eigenvalue weighted by molar-refractivity contribution is -0.146. The van der Waals surface area contributed by atoms with Crippen molar-refractivity contribution < 1.29 is 9.90 Å². The van der Waals surface area contributed by atoms with E-state index in [0.29, 0.717) is 0 Å². The zero-order valence-electron chi connectivity index (χ0n) is 13.2. The van der Waals surface area contributed by atoms with Gasteiger partial charge in [0.25, 0.3) is 0 Å². The summed E-state index contributed by atoms with van der Waals surface area (Å²) in [5.74, 6) is 1.39. The van der Waals surface area contributed by atoms with Crippen molar-refractivity contribution in [2.45, 2.75) is 51.5 Å². The Morgan fingerprint density at radius 3 is 2.75 bits per heavy atom. The molecular formula is C16H30N2O2. The SMILES string of the molecule is CCNC1(C(=O)O)CCCC1CCN(C)CC1CC1C. The van der Waals surface area contributed by atoms with Crippen molar-refractivity contribution in [1.82, 2.24) is 10.2 Å². The van der Waals surface area contributed by atoms with E-state index in [4.69, 9.17) is 0 Å². The third kappa shape index (κ3) is 3.34. The van der Waals surface area contributed by atoms with E-state index in [0.717, 1.165) is 50.6 Å². The lowest BCUT2D eigenvalue weighted by Gasteiger charge is -2.33. The van der Waals surface area contributed by atoms with Crippen molar-refractivity contribution in [1.29, 1.82) is 0 Å². The minimum Gasteiger partial charge on any atom is -0.480 e. The predicted octanol–water partition coefficient (Wildman–Crippen LogP) is 2.20. The molecule has 2 saturated carbocycles. The molecule has 0 aromatic rings. The van der Waals surface area contributed by atoms with Gasteiger partial charge in [-0.2, -0.15) is 0 Å². The standard InChI is InChI=1S/C16H30N2O2/c1-4-17-16(15(19)20)8-5-6-14(16)7-9-18(3)11-13-10-12(13)2/h12-14,17H,4-11H2,1-3H3,(H,19,20). The van der Waals surface area contributed by atoms with Crippen molar-refractivity contribution in [3.63, 3.8) is 0 Å². The number of nitrogens with one attached hydrogen (secondary N) is 1. The highest BCUT2D eigenvalue weighted by Gasteiger charge is 2.48. The number of hydrogen-bond acceptors (Lipinski definition) is 3. The summed E-state index contributed by atoms with van der Waals surface area (Å²) in [5, 5.41) is 12.9. The fourth-order valence-corrected chi connectivity index (χ4v) is 3.90. The average Bonchev–Trinajstić information content (AvgIpc) is 2.91. The van der Waals surface area contributed by atoms with E-state index in [2.05, 4.69) is 24.2 Å². The summed E-state index contributed by atoms with van der Waals surface area (Å²) < 4.78 is 0. The molecule has 116 valence electrons. The maximum absolute atomic E-state index is 11.7. The Hall–Kier alpha value is -0.610. The quantitative estimate of drug-likeness (QED) is 0.716. The van der Waals surface area contributed by atoms with Crippen LogP contribution in [0.25, 0.3) is 0 Å². The first kappa shape index (κ1) is 15.8. The van der Waals surface area contributed by atoms with Crippen molar-refractivity contribution in [2.24, 2.45) is 17.8 Å². The summed E-state index contributed by atoms with van der Waals surface area (Å²) in [6.07, 6.45) is 5.23. The Morgan fingerprint density at radius 2 is 2.20 bits per heavy atom. The monoisotopic (exact) mass is 282 g/mol. The first-order chi connectivity index (χ1) is 9.49. The second-order valence-electron chi connectivity index (χ2n) is 6.92. The number of carbonyl (C=O) groups is 1. The number of carboxylic acid groups (broad SMARTS) is 1. The van der Waals surface area contributed by atoms with Crippen molar-refractivity contribution in [2.75, 3.05) is 26.7 Å². The van der Waals surface area contributed by atoms with Gasteiger partial charge in [0.05, 0.1) is 0 Å². The van der Waals surface area contributed by atoms with Gasteiger partial charge in [-0.1, -0.05) is 20.3 Å². The molecule has 0 radical (unpaired) electrons. The molecule has 0 aliphatic heterocycles. The Bertz CT molecular complexity index is 347. The highest BCUT2D eigenvalue weighted by atomic mass is 16.4. The third-order valence-electron chi connectivity index (χ3n) is 5.38. The van der Waals surface area contributed by atoms with Gasteiger partial charge in [-0.15, -0.1) is 0 Å². The minimum absolute atomic E-state index is 0.277. The molecule has 2 aliphatic rings. The van der Waals surface area contributed by atoms with Crippen molar-refractivity contribution >= 4 is 5.97 Å². The molecular weight excluding hydrogens is 252 g/mol. The molecule has 0 aromatic heterocycles. The van der Waals surface area contributed by atoms with E-state index >= 15 is 0 Å². The van der Waals surface area contributed by atoms with Crippen LogP contribution in [0.15, 0.2) is 0 Å². The van der Waals surface area contributed by atoms with Crippen LogP contribution in [0, 0.1) is 17.8 Å². The molecule has 4 nitrogen and oxygen atoms in total. The average molecular weight is 282 g/mol. The maximum Gasteiger partial charge on any atom is 0.324 e. The fraction of sp³-hybridized carbons (Fsp3) is 0.938. The number of nitrogens with zero attached hydrogens (tertiary/aromatic N) is 1. The molecule has 0 saturated heterocycles. The molecule has 0 aromatic carbocycles. The van der Waals surface area contributed by atoms with Gasteiger partial charge < -0.3 is 15.3 Å². The Labute approximate surface area is 122 Å². The predicted molar refractivity (Wildman–Crippen MR) is 80.8 cm³/mol. The molecule has 4 heteroatoms. The highest BCUT2D eigenvalue weighted by molar-refractivity contribution is 5.79. The van der Waals surface area contributed by atoms with Gasteiger partial charge in [0, 0.05) is 6.54 Å². The van der Waals surface area contributed by atoms with Crippen LogP contribution >= 0.6 is 0 Å². The van der Waals surface area contributed by atoms with Gasteiger partial charge in [0.2, 0.25) is 0 Å². The van der Waals surface area contributed by atoms with E-state index in [-0.39, 0.29) is 5.92 Å². The number of likely N-dealkylation sites (N-methyl/N-ethyl adjacent to an activating group) is 1. The van der Waals surface area contributed by atoms with E-state index in [1.165, 1.54) is 13.0 Å². The van der Waals surface area contributed by atoms with Crippen molar-refractivity contribution in [3.8, 4) is 0 Å². The Morgan fingerprint density at radius 1 is 1.50 bits per heavy atom.